The number of aliphatic hydroxyl groups is 4. The van der Waals surface area contributed by atoms with E-state index in [1.54, 1.807) is 18.2 Å². The molecule has 1 aliphatic carbocycles. The molecule has 1 aromatic rings. The standard InChI is InChI=1S/C23H30O7/c1-29-22-21(27)23(28,20(26)19(14-24)30-22)13-16-8-4-6-15(12-16)7-5-10-17-9-2-3-11-18(17)25/h4,6,8,12,17,19-22,24,26-28H,2-3,9-11,13-14H2,1H3/t17?,19-,20+,21+,22-,23+/m1/s1. The smallest absolute Gasteiger partial charge is 0.186 e. The Labute approximate surface area is 176 Å². The minimum atomic E-state index is -1.97. The summed E-state index contributed by atoms with van der Waals surface area (Å²) in [4.78, 5) is 11.9. The molecule has 1 unspecified atom stereocenters. The molecule has 7 nitrogen and oxygen atoms in total. The largest absolute Gasteiger partial charge is 0.394 e. The Morgan fingerprint density at radius 2 is 2.07 bits per heavy atom. The summed E-state index contributed by atoms with van der Waals surface area (Å²) in [7, 11) is 1.31. The fourth-order valence-corrected chi connectivity index (χ4v) is 4.22. The molecule has 0 bridgehead atoms. The van der Waals surface area contributed by atoms with Crippen molar-refractivity contribution in [3.8, 4) is 11.8 Å². The van der Waals surface area contributed by atoms with Gasteiger partial charge in [0.05, 0.1) is 6.61 Å². The molecular weight excluding hydrogens is 388 g/mol. The molecule has 164 valence electrons. The van der Waals surface area contributed by atoms with Gasteiger partial charge < -0.3 is 29.9 Å². The van der Waals surface area contributed by atoms with E-state index in [1.807, 2.05) is 6.07 Å². The number of ketones is 1. The van der Waals surface area contributed by atoms with Crippen molar-refractivity contribution in [1.29, 1.82) is 0 Å². The van der Waals surface area contributed by atoms with Gasteiger partial charge in [-0.3, -0.25) is 4.79 Å². The van der Waals surface area contributed by atoms with Gasteiger partial charge in [0.15, 0.2) is 6.29 Å². The molecule has 1 saturated heterocycles. The van der Waals surface area contributed by atoms with Gasteiger partial charge >= 0.3 is 0 Å². The number of rotatable bonds is 5. The van der Waals surface area contributed by atoms with E-state index in [-0.39, 0.29) is 12.3 Å². The lowest BCUT2D eigenvalue weighted by Gasteiger charge is -2.47. The predicted octanol–water partition coefficient (Wildman–Crippen LogP) is 0.546. The highest BCUT2D eigenvalue weighted by molar-refractivity contribution is 5.81. The lowest BCUT2D eigenvalue weighted by Crippen LogP contribution is -2.68. The van der Waals surface area contributed by atoms with Crippen molar-refractivity contribution in [2.24, 2.45) is 5.92 Å². The summed E-state index contributed by atoms with van der Waals surface area (Å²) in [5, 5.41) is 41.6. The summed E-state index contributed by atoms with van der Waals surface area (Å²) in [5.74, 6) is 6.46. The first-order valence-electron chi connectivity index (χ1n) is 10.4. The average Bonchev–Trinajstić information content (AvgIpc) is 2.74. The highest BCUT2D eigenvalue weighted by Gasteiger charge is 2.55. The maximum atomic E-state index is 11.9. The van der Waals surface area contributed by atoms with Crippen molar-refractivity contribution < 1.29 is 34.7 Å². The fourth-order valence-electron chi connectivity index (χ4n) is 4.22. The lowest BCUT2D eigenvalue weighted by molar-refractivity contribution is -0.327. The summed E-state index contributed by atoms with van der Waals surface area (Å²) in [6.45, 7) is -0.526. The molecule has 7 heteroatoms. The Morgan fingerprint density at radius 1 is 1.27 bits per heavy atom. The number of hydrogen-bond donors (Lipinski definition) is 4. The minimum Gasteiger partial charge on any atom is -0.394 e. The highest BCUT2D eigenvalue weighted by Crippen LogP contribution is 2.33. The number of carbonyl (C=O) groups is 1. The van der Waals surface area contributed by atoms with Crippen LogP contribution < -0.4 is 0 Å². The number of carbonyl (C=O) groups excluding carboxylic acids is 1. The van der Waals surface area contributed by atoms with Gasteiger partial charge in [-0.1, -0.05) is 30.4 Å². The van der Waals surface area contributed by atoms with Gasteiger partial charge in [-0.15, -0.1) is 0 Å². The number of ether oxygens (including phenoxy) is 2. The second-order valence-electron chi connectivity index (χ2n) is 8.13. The van der Waals surface area contributed by atoms with Gasteiger partial charge in [0, 0.05) is 37.9 Å². The van der Waals surface area contributed by atoms with Crippen LogP contribution in [-0.4, -0.2) is 70.1 Å². The molecule has 6 atom stereocenters. The Hall–Kier alpha value is -1.79. The van der Waals surface area contributed by atoms with Gasteiger partial charge in [0.25, 0.3) is 0 Å². The second kappa shape index (κ2) is 10.0. The van der Waals surface area contributed by atoms with E-state index in [4.69, 9.17) is 9.47 Å². The van der Waals surface area contributed by atoms with Crippen LogP contribution in [0.15, 0.2) is 24.3 Å². The molecule has 1 saturated carbocycles. The summed E-state index contributed by atoms with van der Waals surface area (Å²) in [6.07, 6.45) is -1.23. The molecular formula is C23H30O7. The molecule has 1 aromatic carbocycles. The Kier molecular flexibility index (Phi) is 7.64. The Balaban J connectivity index is 1.74. The van der Waals surface area contributed by atoms with Crippen LogP contribution in [0.3, 0.4) is 0 Å². The zero-order valence-corrected chi connectivity index (χ0v) is 17.2. The van der Waals surface area contributed by atoms with Crippen LogP contribution in [0.4, 0.5) is 0 Å². The molecule has 30 heavy (non-hydrogen) atoms. The third-order valence-electron chi connectivity index (χ3n) is 6.03. The molecule has 0 aromatic heterocycles. The van der Waals surface area contributed by atoms with Crippen LogP contribution in [-0.2, 0) is 20.7 Å². The maximum absolute atomic E-state index is 11.9. The molecule has 1 heterocycles. The van der Waals surface area contributed by atoms with E-state index < -0.39 is 36.8 Å². The van der Waals surface area contributed by atoms with Crippen LogP contribution in [0.5, 0.6) is 0 Å². The quantitative estimate of drug-likeness (QED) is 0.516. The summed E-state index contributed by atoms with van der Waals surface area (Å²) in [5.41, 5.74) is -0.589. The van der Waals surface area contributed by atoms with E-state index >= 15 is 0 Å². The van der Waals surface area contributed by atoms with Crippen molar-refractivity contribution in [1.82, 2.24) is 0 Å². The minimum absolute atomic E-state index is 0.0177. The first-order chi connectivity index (χ1) is 14.4. The molecule has 2 aliphatic rings. The number of benzene rings is 1. The molecule has 0 radical (unpaired) electrons. The van der Waals surface area contributed by atoms with Crippen LogP contribution in [0.25, 0.3) is 0 Å². The Morgan fingerprint density at radius 3 is 2.77 bits per heavy atom. The fraction of sp³-hybridized carbons (Fsp3) is 0.609. The molecule has 1 aliphatic heterocycles. The molecule has 0 amide bonds. The van der Waals surface area contributed by atoms with Crippen molar-refractivity contribution in [2.75, 3.05) is 13.7 Å². The highest BCUT2D eigenvalue weighted by atomic mass is 16.7. The van der Waals surface area contributed by atoms with Crippen LogP contribution in [0.1, 0.15) is 43.2 Å². The molecule has 2 fully saturated rings. The summed E-state index contributed by atoms with van der Waals surface area (Å²) in [6, 6.07) is 7.15. The van der Waals surface area contributed by atoms with Gasteiger partial charge in [-0.25, -0.2) is 0 Å². The van der Waals surface area contributed by atoms with Crippen molar-refractivity contribution in [2.45, 2.75) is 68.7 Å². The van der Waals surface area contributed by atoms with Crippen LogP contribution in [0.2, 0.25) is 0 Å². The van der Waals surface area contributed by atoms with Crippen molar-refractivity contribution in [3.63, 3.8) is 0 Å². The first-order valence-corrected chi connectivity index (χ1v) is 10.4. The second-order valence-corrected chi connectivity index (χ2v) is 8.13. The number of methoxy groups -OCH3 is 1. The van der Waals surface area contributed by atoms with Crippen molar-refractivity contribution in [3.05, 3.63) is 35.4 Å². The summed E-state index contributed by atoms with van der Waals surface area (Å²) >= 11 is 0. The Bertz CT molecular complexity index is 780. The number of aliphatic hydroxyl groups excluding tert-OH is 3. The van der Waals surface area contributed by atoms with E-state index in [2.05, 4.69) is 11.8 Å². The van der Waals surface area contributed by atoms with Crippen LogP contribution in [0, 0.1) is 17.8 Å². The predicted molar refractivity (Wildman–Crippen MR) is 108 cm³/mol. The van der Waals surface area contributed by atoms with E-state index in [0.717, 1.165) is 24.8 Å². The molecule has 3 rings (SSSR count). The topological polar surface area (TPSA) is 116 Å². The van der Waals surface area contributed by atoms with Gasteiger partial charge in [-0.2, -0.15) is 0 Å². The van der Waals surface area contributed by atoms with E-state index in [1.165, 1.54) is 7.11 Å². The van der Waals surface area contributed by atoms with Gasteiger partial charge in [-0.05, 0) is 30.5 Å². The SMILES string of the molecule is CO[C@@H]1O[C@H](CO)[C@H](O)[C@@](O)(Cc2cccc(C#CCC3CCCCC3=O)c2)[C@H]1O. The molecule has 4 N–H and O–H groups in total. The zero-order valence-electron chi connectivity index (χ0n) is 17.2. The first kappa shape index (κ1) is 22.9. The third-order valence-corrected chi connectivity index (χ3v) is 6.03. The van der Waals surface area contributed by atoms with Crippen LogP contribution >= 0.6 is 0 Å². The summed E-state index contributed by atoms with van der Waals surface area (Å²) < 4.78 is 10.4. The monoisotopic (exact) mass is 418 g/mol. The van der Waals surface area contributed by atoms with Gasteiger partial charge in [0.1, 0.15) is 29.7 Å². The zero-order chi connectivity index (χ0) is 21.7. The number of hydrogen-bond acceptors (Lipinski definition) is 7. The van der Waals surface area contributed by atoms with E-state index in [9.17, 15) is 25.2 Å². The van der Waals surface area contributed by atoms with Gasteiger partial charge in [0.2, 0.25) is 0 Å². The lowest BCUT2D eigenvalue weighted by atomic mass is 9.79. The average molecular weight is 418 g/mol. The van der Waals surface area contributed by atoms with Crippen molar-refractivity contribution >= 4 is 5.78 Å². The number of Topliss-reactive ketones (excluding diaryl/α,β-unsaturated/α-hetero) is 1. The maximum Gasteiger partial charge on any atom is 0.186 e. The van der Waals surface area contributed by atoms with E-state index in [0.29, 0.717) is 24.2 Å². The third kappa shape index (κ3) is 4.92. The molecule has 0 spiro atoms. The normalized spacial score (nSPS) is 34.3.